The molecule has 0 bridgehead atoms. The molecular weight excluding hydrogens is 342 g/mol. The fraction of sp³-hybridized carbons (Fsp3) is 0.353. The fourth-order valence-corrected chi connectivity index (χ4v) is 2.87. The summed E-state index contributed by atoms with van der Waals surface area (Å²) in [6.07, 6.45) is 0.291. The van der Waals surface area contributed by atoms with Gasteiger partial charge in [-0.3, -0.25) is 10.1 Å². The first-order chi connectivity index (χ1) is 12.1. The van der Waals surface area contributed by atoms with Crippen LogP contribution in [0, 0.1) is 0 Å². The van der Waals surface area contributed by atoms with E-state index in [0.29, 0.717) is 30.4 Å². The molecule has 0 radical (unpaired) electrons. The Morgan fingerprint density at radius 1 is 1.28 bits per heavy atom. The Kier molecular flexibility index (Phi) is 7.21. The van der Waals surface area contributed by atoms with Crippen molar-refractivity contribution < 1.29 is 19.1 Å². The van der Waals surface area contributed by atoms with Crippen LogP contribution in [0.3, 0.4) is 0 Å². The van der Waals surface area contributed by atoms with Crippen LogP contribution in [0.4, 0.5) is 9.93 Å². The minimum absolute atomic E-state index is 0.122. The van der Waals surface area contributed by atoms with Gasteiger partial charge in [0.05, 0.1) is 25.8 Å². The number of aromatic nitrogens is 1. The van der Waals surface area contributed by atoms with E-state index < -0.39 is 6.09 Å². The maximum Gasteiger partial charge on any atom is 0.413 e. The van der Waals surface area contributed by atoms with Crippen LogP contribution in [0.25, 0.3) is 0 Å². The summed E-state index contributed by atoms with van der Waals surface area (Å²) in [5.41, 5.74) is 1.64. The van der Waals surface area contributed by atoms with Gasteiger partial charge < -0.3 is 14.8 Å². The van der Waals surface area contributed by atoms with Crippen molar-refractivity contribution in [1.29, 1.82) is 0 Å². The number of hydrogen-bond acceptors (Lipinski definition) is 6. The number of carbonyl (C=O) groups is 2. The summed E-state index contributed by atoms with van der Waals surface area (Å²) in [7, 11) is 1.63. The second-order valence-electron chi connectivity index (χ2n) is 5.08. The van der Waals surface area contributed by atoms with E-state index in [1.807, 2.05) is 24.3 Å². The van der Waals surface area contributed by atoms with Crippen molar-refractivity contribution in [2.24, 2.45) is 0 Å². The molecule has 0 fully saturated rings. The number of hydrogen-bond donors (Lipinski definition) is 2. The Hall–Kier alpha value is -2.61. The van der Waals surface area contributed by atoms with Gasteiger partial charge in [0, 0.05) is 11.9 Å². The second kappa shape index (κ2) is 9.63. The molecule has 0 atom stereocenters. The Balaban J connectivity index is 1.77. The predicted molar refractivity (Wildman–Crippen MR) is 96.2 cm³/mol. The number of amides is 2. The lowest BCUT2D eigenvalue weighted by molar-refractivity contribution is -0.120. The SMILES string of the molecule is CCOC(=O)Nc1nc(CC(=O)NCCc2ccccc2OC)cs1. The zero-order valence-corrected chi connectivity index (χ0v) is 15.0. The molecule has 2 aromatic rings. The average molecular weight is 363 g/mol. The largest absolute Gasteiger partial charge is 0.496 e. The number of carbonyl (C=O) groups excluding carboxylic acids is 2. The summed E-state index contributed by atoms with van der Waals surface area (Å²) >= 11 is 1.25. The van der Waals surface area contributed by atoms with E-state index in [1.54, 1.807) is 19.4 Å². The minimum Gasteiger partial charge on any atom is -0.496 e. The highest BCUT2D eigenvalue weighted by molar-refractivity contribution is 7.13. The van der Waals surface area contributed by atoms with Crippen LogP contribution in [0.2, 0.25) is 0 Å². The molecule has 1 aromatic heterocycles. The minimum atomic E-state index is -0.551. The fourth-order valence-electron chi connectivity index (χ4n) is 2.17. The van der Waals surface area contributed by atoms with Crippen LogP contribution >= 0.6 is 11.3 Å². The van der Waals surface area contributed by atoms with Crippen molar-refractivity contribution >= 4 is 28.5 Å². The third-order valence-electron chi connectivity index (χ3n) is 3.29. The molecule has 8 heteroatoms. The topological polar surface area (TPSA) is 89.5 Å². The lowest BCUT2D eigenvalue weighted by atomic mass is 10.1. The molecule has 2 N–H and O–H groups in total. The molecule has 0 saturated heterocycles. The number of methoxy groups -OCH3 is 1. The monoisotopic (exact) mass is 363 g/mol. The van der Waals surface area contributed by atoms with Crippen LogP contribution in [0.15, 0.2) is 29.6 Å². The third-order valence-corrected chi connectivity index (χ3v) is 4.09. The first-order valence-corrected chi connectivity index (χ1v) is 8.77. The summed E-state index contributed by atoms with van der Waals surface area (Å²) in [6.45, 7) is 2.53. The van der Waals surface area contributed by atoms with Crippen molar-refractivity contribution in [3.63, 3.8) is 0 Å². The number of thiazole rings is 1. The van der Waals surface area contributed by atoms with Crippen molar-refractivity contribution in [3.05, 3.63) is 40.9 Å². The van der Waals surface area contributed by atoms with Gasteiger partial charge in [-0.15, -0.1) is 11.3 Å². The van der Waals surface area contributed by atoms with Gasteiger partial charge in [-0.05, 0) is 25.0 Å². The number of nitrogens with one attached hydrogen (secondary N) is 2. The van der Waals surface area contributed by atoms with Crippen molar-refractivity contribution in [2.75, 3.05) is 25.6 Å². The van der Waals surface area contributed by atoms with Crippen molar-refractivity contribution in [3.8, 4) is 5.75 Å². The first kappa shape index (κ1) is 18.7. The number of ether oxygens (including phenoxy) is 2. The maximum atomic E-state index is 12.0. The molecule has 1 aromatic carbocycles. The highest BCUT2D eigenvalue weighted by atomic mass is 32.1. The van der Waals surface area contributed by atoms with Crippen LogP contribution in [0.5, 0.6) is 5.75 Å². The number of rotatable bonds is 8. The number of benzene rings is 1. The predicted octanol–water partition coefficient (Wildman–Crippen LogP) is 2.62. The molecule has 0 aliphatic rings. The lowest BCUT2D eigenvalue weighted by Gasteiger charge is -2.08. The Labute approximate surface area is 150 Å². The molecule has 2 amide bonds. The molecule has 134 valence electrons. The Morgan fingerprint density at radius 3 is 2.84 bits per heavy atom. The van der Waals surface area contributed by atoms with E-state index in [2.05, 4.69) is 15.6 Å². The number of nitrogens with zero attached hydrogens (tertiary/aromatic N) is 1. The van der Waals surface area contributed by atoms with E-state index in [9.17, 15) is 9.59 Å². The van der Waals surface area contributed by atoms with E-state index >= 15 is 0 Å². The van der Waals surface area contributed by atoms with Gasteiger partial charge in [-0.1, -0.05) is 18.2 Å². The summed E-state index contributed by atoms with van der Waals surface area (Å²) in [5.74, 6) is 0.689. The van der Waals surface area contributed by atoms with Gasteiger partial charge in [-0.25, -0.2) is 9.78 Å². The van der Waals surface area contributed by atoms with E-state index in [0.717, 1.165) is 11.3 Å². The van der Waals surface area contributed by atoms with Crippen molar-refractivity contribution in [2.45, 2.75) is 19.8 Å². The van der Waals surface area contributed by atoms with Gasteiger partial charge in [0.25, 0.3) is 0 Å². The molecule has 0 saturated carbocycles. The van der Waals surface area contributed by atoms with Gasteiger partial charge in [0.15, 0.2) is 5.13 Å². The van der Waals surface area contributed by atoms with Crippen LogP contribution < -0.4 is 15.4 Å². The maximum absolute atomic E-state index is 12.0. The first-order valence-electron chi connectivity index (χ1n) is 7.89. The molecule has 7 nitrogen and oxygen atoms in total. The van der Waals surface area contributed by atoms with E-state index in [1.165, 1.54) is 11.3 Å². The van der Waals surface area contributed by atoms with Gasteiger partial charge in [0.2, 0.25) is 5.91 Å². The molecule has 0 aliphatic carbocycles. The van der Waals surface area contributed by atoms with Gasteiger partial charge >= 0.3 is 6.09 Å². The molecule has 2 rings (SSSR count). The highest BCUT2D eigenvalue weighted by Gasteiger charge is 2.10. The number of anilines is 1. The van der Waals surface area contributed by atoms with E-state index in [4.69, 9.17) is 9.47 Å². The standard InChI is InChI=1S/C17H21N3O4S/c1-3-24-17(22)20-16-19-13(11-25-16)10-15(21)18-9-8-12-6-4-5-7-14(12)23-2/h4-7,11H,3,8-10H2,1-2H3,(H,18,21)(H,19,20,22). The smallest absolute Gasteiger partial charge is 0.413 e. The Bertz CT molecular complexity index is 717. The van der Waals surface area contributed by atoms with Gasteiger partial charge in [-0.2, -0.15) is 0 Å². The molecule has 1 heterocycles. The lowest BCUT2D eigenvalue weighted by Crippen LogP contribution is -2.27. The highest BCUT2D eigenvalue weighted by Crippen LogP contribution is 2.18. The summed E-state index contributed by atoms with van der Waals surface area (Å²) in [4.78, 5) is 27.5. The third kappa shape index (κ3) is 6.07. The van der Waals surface area contributed by atoms with Crippen LogP contribution in [0.1, 0.15) is 18.2 Å². The zero-order valence-electron chi connectivity index (χ0n) is 14.2. The quantitative estimate of drug-likeness (QED) is 0.752. The molecule has 0 aliphatic heterocycles. The molecule has 0 unspecified atom stereocenters. The Morgan fingerprint density at radius 2 is 2.08 bits per heavy atom. The van der Waals surface area contributed by atoms with Gasteiger partial charge in [0.1, 0.15) is 5.75 Å². The zero-order chi connectivity index (χ0) is 18.1. The van der Waals surface area contributed by atoms with Crippen LogP contribution in [-0.4, -0.2) is 37.2 Å². The molecular formula is C17H21N3O4S. The molecule has 25 heavy (non-hydrogen) atoms. The second-order valence-corrected chi connectivity index (χ2v) is 5.94. The summed E-state index contributed by atoms with van der Waals surface area (Å²) in [6, 6.07) is 7.71. The van der Waals surface area contributed by atoms with Crippen molar-refractivity contribution in [1.82, 2.24) is 10.3 Å². The normalized spacial score (nSPS) is 10.2. The number of para-hydroxylation sites is 1. The summed E-state index contributed by atoms with van der Waals surface area (Å²) < 4.78 is 10.1. The van der Waals surface area contributed by atoms with Crippen LogP contribution in [-0.2, 0) is 22.4 Å². The van der Waals surface area contributed by atoms with E-state index in [-0.39, 0.29) is 12.3 Å². The molecule has 0 spiro atoms. The average Bonchev–Trinajstić information content (AvgIpc) is 3.02. The summed E-state index contributed by atoms with van der Waals surface area (Å²) in [5, 5.41) is 7.52.